The smallest absolute Gasteiger partial charge is 0.245 e. The lowest BCUT2D eigenvalue weighted by atomic mass is 10.1. The Kier molecular flexibility index (Phi) is 8.46. The molecule has 2 aliphatic heterocycles. The zero-order chi connectivity index (χ0) is 29.8. The van der Waals surface area contributed by atoms with E-state index in [2.05, 4.69) is 33.8 Å². The van der Waals surface area contributed by atoms with Crippen molar-refractivity contribution in [1.29, 1.82) is 0 Å². The molecule has 2 fully saturated rings. The second-order valence-corrected chi connectivity index (χ2v) is 11.0. The van der Waals surface area contributed by atoms with E-state index in [-0.39, 0.29) is 18.1 Å². The maximum atomic E-state index is 12.0. The molecule has 2 aromatic heterocycles. The summed E-state index contributed by atoms with van der Waals surface area (Å²) in [5.74, 6) is 3.28. The summed E-state index contributed by atoms with van der Waals surface area (Å²) in [7, 11) is 3.76. The van der Waals surface area contributed by atoms with Gasteiger partial charge in [-0.15, -0.1) is 0 Å². The van der Waals surface area contributed by atoms with Gasteiger partial charge in [-0.1, -0.05) is 6.58 Å². The molecule has 0 aliphatic carbocycles. The number of benzene rings is 2. The van der Waals surface area contributed by atoms with Crippen LogP contribution in [0.15, 0.2) is 72.1 Å². The number of amides is 1. The van der Waals surface area contributed by atoms with Gasteiger partial charge in [-0.2, -0.15) is 0 Å². The van der Waals surface area contributed by atoms with Gasteiger partial charge < -0.3 is 33.7 Å². The number of hydrogen-bond donors (Lipinski definition) is 1. The minimum atomic E-state index is -0.0548. The number of methoxy groups -OCH3 is 1. The fourth-order valence-electron chi connectivity index (χ4n) is 5.65. The number of anilines is 2. The van der Waals surface area contributed by atoms with Gasteiger partial charge >= 0.3 is 0 Å². The van der Waals surface area contributed by atoms with Crippen molar-refractivity contribution >= 4 is 28.3 Å². The predicted octanol–water partition coefficient (Wildman–Crippen LogP) is 5.67. The number of aromatic nitrogens is 2. The Bertz CT molecular complexity index is 1570. The fourth-order valence-corrected chi connectivity index (χ4v) is 5.65. The van der Waals surface area contributed by atoms with Gasteiger partial charge in [0.2, 0.25) is 5.91 Å². The number of nitrogens with one attached hydrogen (secondary N) is 1. The number of furan rings is 1. The average molecular weight is 584 g/mol. The van der Waals surface area contributed by atoms with Gasteiger partial charge in [0.05, 0.1) is 24.6 Å². The number of rotatable bonds is 9. The normalized spacial score (nSPS) is 16.7. The molecular formula is C33H37N5O5. The van der Waals surface area contributed by atoms with Crippen molar-refractivity contribution in [3.05, 3.63) is 67.7 Å². The molecule has 0 saturated carbocycles. The molecule has 4 aromatic rings. The highest BCUT2D eigenvalue weighted by molar-refractivity contribution is 5.93. The summed E-state index contributed by atoms with van der Waals surface area (Å²) in [4.78, 5) is 25.3. The van der Waals surface area contributed by atoms with E-state index < -0.39 is 0 Å². The van der Waals surface area contributed by atoms with Gasteiger partial charge in [-0.05, 0) is 62.4 Å². The minimum Gasteiger partial charge on any atom is -0.493 e. The van der Waals surface area contributed by atoms with Crippen LogP contribution in [0.3, 0.4) is 0 Å². The number of carbonyl (C=O) groups excluding carboxylic acids is 1. The predicted molar refractivity (Wildman–Crippen MR) is 165 cm³/mol. The summed E-state index contributed by atoms with van der Waals surface area (Å²) in [5, 5.41) is 4.31. The van der Waals surface area contributed by atoms with Crippen LogP contribution in [0.25, 0.3) is 22.2 Å². The van der Waals surface area contributed by atoms with Crippen molar-refractivity contribution in [3.8, 4) is 28.6 Å². The van der Waals surface area contributed by atoms with E-state index in [4.69, 9.17) is 18.6 Å². The first kappa shape index (κ1) is 28.5. The first-order valence-corrected chi connectivity index (χ1v) is 14.7. The molecule has 2 saturated heterocycles. The van der Waals surface area contributed by atoms with Crippen LogP contribution in [0.2, 0.25) is 0 Å². The van der Waals surface area contributed by atoms with Crippen LogP contribution in [0.4, 0.5) is 11.5 Å². The van der Waals surface area contributed by atoms with E-state index in [1.54, 1.807) is 18.3 Å². The molecule has 4 heterocycles. The van der Waals surface area contributed by atoms with Crippen LogP contribution in [0.1, 0.15) is 25.7 Å². The molecule has 10 nitrogen and oxygen atoms in total. The Morgan fingerprint density at radius 2 is 1.72 bits per heavy atom. The van der Waals surface area contributed by atoms with Crippen LogP contribution in [-0.4, -0.2) is 78.2 Å². The number of piperidine rings is 2. The molecule has 0 bridgehead atoms. The van der Waals surface area contributed by atoms with E-state index in [1.165, 1.54) is 12.4 Å². The second kappa shape index (κ2) is 12.7. The molecule has 0 unspecified atom stereocenters. The van der Waals surface area contributed by atoms with E-state index in [0.29, 0.717) is 48.8 Å². The van der Waals surface area contributed by atoms with Crippen LogP contribution in [0, 0.1) is 0 Å². The Morgan fingerprint density at radius 1 is 0.977 bits per heavy atom. The van der Waals surface area contributed by atoms with Gasteiger partial charge in [0, 0.05) is 56.0 Å². The Labute approximate surface area is 251 Å². The lowest BCUT2D eigenvalue weighted by molar-refractivity contribution is -0.127. The molecule has 0 spiro atoms. The first-order chi connectivity index (χ1) is 21.0. The van der Waals surface area contributed by atoms with Gasteiger partial charge in [-0.3, -0.25) is 4.79 Å². The Balaban J connectivity index is 1.30. The van der Waals surface area contributed by atoms with Gasteiger partial charge in [0.25, 0.3) is 0 Å². The monoisotopic (exact) mass is 583 g/mol. The number of fused-ring (bicyclic) bond motifs is 1. The largest absolute Gasteiger partial charge is 0.493 e. The summed E-state index contributed by atoms with van der Waals surface area (Å²) < 4.78 is 24.3. The zero-order valence-corrected chi connectivity index (χ0v) is 24.6. The zero-order valence-electron chi connectivity index (χ0n) is 24.6. The summed E-state index contributed by atoms with van der Waals surface area (Å²) in [5.41, 5.74) is 2.42. The minimum absolute atomic E-state index is 0.0510. The maximum Gasteiger partial charge on any atom is 0.245 e. The van der Waals surface area contributed by atoms with Crippen LogP contribution < -0.4 is 19.5 Å². The van der Waals surface area contributed by atoms with Crippen molar-refractivity contribution in [3.63, 3.8) is 0 Å². The molecule has 43 heavy (non-hydrogen) atoms. The lowest BCUT2D eigenvalue weighted by Crippen LogP contribution is -2.41. The standard InChI is InChI=1S/C33H37N5O5/c1-4-32(39)38-15-11-24(12-16-38)43-31-19-25-26(20-30(31)40-3)34-21-35-33(25)36-27-18-22(28-6-5-17-41-28)7-8-29(27)42-23-9-13-37(2)14-10-23/h4-8,17-21,23-24H,1,9-16H2,2-3H3,(H,34,35,36). The number of hydrogen-bond acceptors (Lipinski definition) is 9. The van der Waals surface area contributed by atoms with Crippen LogP contribution >= 0.6 is 0 Å². The number of likely N-dealkylation sites (tertiary alicyclic amines) is 2. The molecular weight excluding hydrogens is 546 g/mol. The highest BCUT2D eigenvalue weighted by Crippen LogP contribution is 2.39. The number of nitrogens with zero attached hydrogens (tertiary/aromatic N) is 4. The van der Waals surface area contributed by atoms with Gasteiger partial charge in [0.15, 0.2) is 11.5 Å². The molecule has 10 heteroatoms. The molecule has 2 aromatic carbocycles. The van der Waals surface area contributed by atoms with E-state index in [0.717, 1.165) is 54.1 Å². The molecule has 2 aliphatic rings. The van der Waals surface area contributed by atoms with Crippen molar-refractivity contribution in [2.45, 2.75) is 37.9 Å². The molecule has 1 amide bonds. The third kappa shape index (κ3) is 6.44. The maximum absolute atomic E-state index is 12.0. The molecule has 6 rings (SSSR count). The summed E-state index contributed by atoms with van der Waals surface area (Å²) in [6.07, 6.45) is 8.00. The van der Waals surface area contributed by atoms with Crippen molar-refractivity contribution in [2.75, 3.05) is 45.7 Å². The number of carbonyl (C=O) groups is 1. The highest BCUT2D eigenvalue weighted by Gasteiger charge is 2.25. The van der Waals surface area contributed by atoms with E-state index in [1.807, 2.05) is 42.5 Å². The van der Waals surface area contributed by atoms with E-state index >= 15 is 0 Å². The fraction of sp³-hybridized carbons (Fsp3) is 0.364. The first-order valence-electron chi connectivity index (χ1n) is 14.7. The molecule has 0 atom stereocenters. The van der Waals surface area contributed by atoms with E-state index in [9.17, 15) is 4.79 Å². The van der Waals surface area contributed by atoms with Gasteiger partial charge in [0.1, 0.15) is 35.9 Å². The topological polar surface area (TPSA) is 102 Å². The quantitative estimate of drug-likeness (QED) is 0.250. The van der Waals surface area contributed by atoms with Crippen molar-refractivity contribution in [1.82, 2.24) is 19.8 Å². The SMILES string of the molecule is C=CC(=O)N1CCC(Oc2cc3c(Nc4cc(-c5ccco5)ccc4OC4CCN(C)CC4)ncnc3cc2OC)CC1. The van der Waals surface area contributed by atoms with Crippen molar-refractivity contribution in [2.24, 2.45) is 0 Å². The summed E-state index contributed by atoms with van der Waals surface area (Å²) >= 11 is 0. The van der Waals surface area contributed by atoms with Crippen molar-refractivity contribution < 1.29 is 23.4 Å². The highest BCUT2D eigenvalue weighted by atomic mass is 16.5. The molecule has 1 N–H and O–H groups in total. The summed E-state index contributed by atoms with van der Waals surface area (Å²) in [6, 6.07) is 13.6. The van der Waals surface area contributed by atoms with Crippen LogP contribution in [-0.2, 0) is 4.79 Å². The second-order valence-electron chi connectivity index (χ2n) is 11.0. The molecule has 224 valence electrons. The number of ether oxygens (including phenoxy) is 3. The van der Waals surface area contributed by atoms with Crippen LogP contribution in [0.5, 0.6) is 17.2 Å². The summed E-state index contributed by atoms with van der Waals surface area (Å²) in [6.45, 7) is 6.84. The third-order valence-electron chi connectivity index (χ3n) is 8.14. The lowest BCUT2D eigenvalue weighted by Gasteiger charge is -2.31. The third-order valence-corrected chi connectivity index (χ3v) is 8.14. The van der Waals surface area contributed by atoms with Gasteiger partial charge in [-0.25, -0.2) is 9.97 Å². The Hall–Kier alpha value is -4.57. The Morgan fingerprint density at radius 3 is 2.42 bits per heavy atom. The average Bonchev–Trinajstić information content (AvgIpc) is 3.58. The molecule has 0 radical (unpaired) electrons.